The first kappa shape index (κ1) is 15.9. The number of hydrogen-bond acceptors (Lipinski definition) is 3. The average molecular weight is 299 g/mol. The Balaban J connectivity index is 2.25. The van der Waals surface area contributed by atoms with E-state index in [1.165, 1.54) is 12.1 Å². The summed E-state index contributed by atoms with van der Waals surface area (Å²) in [5.41, 5.74) is 0.491. The number of halogens is 2. The summed E-state index contributed by atoms with van der Waals surface area (Å²) < 4.78 is 32.0. The summed E-state index contributed by atoms with van der Waals surface area (Å²) in [4.78, 5) is 13.2. The lowest BCUT2D eigenvalue weighted by Gasteiger charge is -2.34. The van der Waals surface area contributed by atoms with Gasteiger partial charge in [-0.3, -0.25) is 9.69 Å². The van der Waals surface area contributed by atoms with Crippen molar-refractivity contribution in [2.24, 2.45) is 5.92 Å². The van der Waals surface area contributed by atoms with E-state index in [0.29, 0.717) is 18.7 Å². The van der Waals surface area contributed by atoms with Crippen LogP contribution in [-0.2, 0) is 9.53 Å². The van der Waals surface area contributed by atoms with Crippen molar-refractivity contribution < 1.29 is 23.4 Å². The normalized spacial score (nSPS) is 23.5. The minimum absolute atomic E-state index is 0.167. The van der Waals surface area contributed by atoms with Crippen LogP contribution >= 0.6 is 0 Å². The van der Waals surface area contributed by atoms with Crippen LogP contribution in [0.4, 0.5) is 8.78 Å². The molecule has 3 unspecified atom stereocenters. The fraction of sp³-hybridized carbons (Fsp3) is 0.533. The van der Waals surface area contributed by atoms with Gasteiger partial charge in [0, 0.05) is 18.2 Å². The molecule has 0 bridgehead atoms. The second-order valence-electron chi connectivity index (χ2n) is 5.26. The Morgan fingerprint density at radius 1 is 1.38 bits per heavy atom. The summed E-state index contributed by atoms with van der Waals surface area (Å²) in [5.74, 6) is -2.80. The minimum atomic E-state index is -0.909. The van der Waals surface area contributed by atoms with Gasteiger partial charge >= 0.3 is 5.97 Å². The number of carboxylic acid groups (broad SMARTS) is 1. The summed E-state index contributed by atoms with van der Waals surface area (Å²) in [6.07, 6.45) is 0. The van der Waals surface area contributed by atoms with Crippen molar-refractivity contribution in [3.63, 3.8) is 0 Å². The second-order valence-corrected chi connectivity index (χ2v) is 5.26. The molecule has 4 nitrogen and oxygen atoms in total. The molecule has 0 aliphatic carbocycles. The Morgan fingerprint density at radius 2 is 2.00 bits per heavy atom. The van der Waals surface area contributed by atoms with Crippen LogP contribution in [0.25, 0.3) is 0 Å². The number of likely N-dealkylation sites (N-methyl/N-ethyl adjacent to an activating group) is 1. The van der Waals surface area contributed by atoms with E-state index in [2.05, 4.69) is 0 Å². The molecule has 1 fully saturated rings. The topological polar surface area (TPSA) is 49.8 Å². The quantitative estimate of drug-likeness (QED) is 0.907. The van der Waals surface area contributed by atoms with Crippen molar-refractivity contribution in [3.05, 3.63) is 35.4 Å². The molecule has 116 valence electrons. The SMILES string of the molecule is CCN(C(C)c1cc(F)cc(F)c1)C1COCC1C(=O)O. The van der Waals surface area contributed by atoms with E-state index in [0.717, 1.165) is 6.07 Å². The number of ether oxygens (including phenoxy) is 1. The molecule has 0 aromatic heterocycles. The third-order valence-electron chi connectivity index (χ3n) is 4.02. The summed E-state index contributed by atoms with van der Waals surface area (Å²) in [6, 6.07) is 2.79. The first-order valence-electron chi connectivity index (χ1n) is 6.96. The molecule has 1 aromatic rings. The maximum atomic E-state index is 13.4. The molecule has 6 heteroatoms. The van der Waals surface area contributed by atoms with Crippen LogP contribution in [-0.4, -0.2) is 41.8 Å². The van der Waals surface area contributed by atoms with E-state index in [9.17, 15) is 18.7 Å². The zero-order valence-electron chi connectivity index (χ0n) is 12.1. The zero-order chi connectivity index (χ0) is 15.6. The molecule has 1 N–H and O–H groups in total. The fourth-order valence-corrected chi connectivity index (χ4v) is 2.91. The Morgan fingerprint density at radius 3 is 2.52 bits per heavy atom. The molecule has 1 aromatic carbocycles. The van der Waals surface area contributed by atoms with Crippen LogP contribution in [0.15, 0.2) is 18.2 Å². The molecular formula is C15H19F2NO3. The van der Waals surface area contributed by atoms with Crippen molar-refractivity contribution in [2.45, 2.75) is 25.9 Å². The molecule has 1 aliphatic rings. The lowest BCUT2D eigenvalue weighted by molar-refractivity contribution is -0.143. The maximum Gasteiger partial charge on any atom is 0.310 e. The number of carboxylic acids is 1. The van der Waals surface area contributed by atoms with E-state index in [-0.39, 0.29) is 18.7 Å². The van der Waals surface area contributed by atoms with Gasteiger partial charge in [0.25, 0.3) is 0 Å². The lowest BCUT2D eigenvalue weighted by Crippen LogP contribution is -2.44. The van der Waals surface area contributed by atoms with Crippen LogP contribution in [0.2, 0.25) is 0 Å². The summed E-state index contributed by atoms with van der Waals surface area (Å²) in [5, 5.41) is 9.24. The molecule has 1 aliphatic heterocycles. The fourth-order valence-electron chi connectivity index (χ4n) is 2.91. The smallest absolute Gasteiger partial charge is 0.310 e. The van der Waals surface area contributed by atoms with Crippen LogP contribution < -0.4 is 0 Å². The second kappa shape index (κ2) is 6.49. The van der Waals surface area contributed by atoms with Gasteiger partial charge in [0.05, 0.1) is 19.1 Å². The molecule has 0 radical (unpaired) electrons. The summed E-state index contributed by atoms with van der Waals surface area (Å²) in [6.45, 7) is 4.75. The number of hydrogen-bond donors (Lipinski definition) is 1. The maximum absolute atomic E-state index is 13.4. The van der Waals surface area contributed by atoms with E-state index >= 15 is 0 Å². The third kappa shape index (κ3) is 3.39. The Bertz CT molecular complexity index is 503. The average Bonchev–Trinajstić information content (AvgIpc) is 2.87. The molecule has 21 heavy (non-hydrogen) atoms. The number of benzene rings is 1. The molecule has 0 amide bonds. The van der Waals surface area contributed by atoms with Crippen LogP contribution in [0.5, 0.6) is 0 Å². The number of nitrogens with zero attached hydrogens (tertiary/aromatic N) is 1. The van der Waals surface area contributed by atoms with Crippen LogP contribution in [0.3, 0.4) is 0 Å². The van der Waals surface area contributed by atoms with Crippen molar-refractivity contribution in [1.29, 1.82) is 0 Å². The highest BCUT2D eigenvalue weighted by molar-refractivity contribution is 5.71. The molecule has 1 saturated heterocycles. The zero-order valence-corrected chi connectivity index (χ0v) is 12.1. The minimum Gasteiger partial charge on any atom is -0.481 e. The van der Waals surface area contributed by atoms with Gasteiger partial charge in [-0.15, -0.1) is 0 Å². The van der Waals surface area contributed by atoms with E-state index in [1.807, 2.05) is 18.7 Å². The monoisotopic (exact) mass is 299 g/mol. The predicted molar refractivity (Wildman–Crippen MR) is 72.9 cm³/mol. The van der Waals surface area contributed by atoms with Crippen molar-refractivity contribution in [3.8, 4) is 0 Å². The lowest BCUT2D eigenvalue weighted by atomic mass is 9.98. The molecular weight excluding hydrogens is 280 g/mol. The van der Waals surface area contributed by atoms with Crippen LogP contribution in [0.1, 0.15) is 25.5 Å². The van der Waals surface area contributed by atoms with Gasteiger partial charge in [0.15, 0.2) is 0 Å². The van der Waals surface area contributed by atoms with Gasteiger partial charge in [0.1, 0.15) is 11.6 Å². The van der Waals surface area contributed by atoms with Gasteiger partial charge in [-0.05, 0) is 31.2 Å². The first-order chi connectivity index (χ1) is 9.93. The third-order valence-corrected chi connectivity index (χ3v) is 4.02. The van der Waals surface area contributed by atoms with Gasteiger partial charge < -0.3 is 9.84 Å². The van der Waals surface area contributed by atoms with Gasteiger partial charge in [-0.1, -0.05) is 6.92 Å². The van der Waals surface area contributed by atoms with E-state index in [1.54, 1.807) is 0 Å². The summed E-state index contributed by atoms with van der Waals surface area (Å²) >= 11 is 0. The largest absolute Gasteiger partial charge is 0.481 e. The van der Waals surface area contributed by atoms with Crippen molar-refractivity contribution >= 4 is 5.97 Å². The standard InChI is InChI=1S/C15H19F2NO3/c1-3-18(14-8-21-7-13(14)15(19)20)9(2)10-4-11(16)6-12(17)5-10/h4-6,9,13-14H,3,7-8H2,1-2H3,(H,19,20). The highest BCUT2D eigenvalue weighted by Crippen LogP contribution is 2.29. The van der Waals surface area contributed by atoms with E-state index < -0.39 is 23.5 Å². The van der Waals surface area contributed by atoms with E-state index in [4.69, 9.17) is 4.74 Å². The number of rotatable bonds is 5. The van der Waals surface area contributed by atoms with Gasteiger partial charge in [-0.25, -0.2) is 8.78 Å². The van der Waals surface area contributed by atoms with Gasteiger partial charge in [-0.2, -0.15) is 0 Å². The highest BCUT2D eigenvalue weighted by Gasteiger charge is 2.39. The molecule has 3 atom stereocenters. The number of aliphatic carboxylic acids is 1. The first-order valence-corrected chi connectivity index (χ1v) is 6.96. The molecule has 2 rings (SSSR count). The van der Waals surface area contributed by atoms with Crippen LogP contribution in [0, 0.1) is 17.6 Å². The molecule has 0 saturated carbocycles. The number of carbonyl (C=O) groups is 1. The van der Waals surface area contributed by atoms with Crippen molar-refractivity contribution in [2.75, 3.05) is 19.8 Å². The molecule has 0 spiro atoms. The Hall–Kier alpha value is -1.53. The Kier molecular flexibility index (Phi) is 4.90. The highest BCUT2D eigenvalue weighted by atomic mass is 19.1. The molecule has 1 heterocycles. The Labute approximate surface area is 122 Å². The summed E-state index contributed by atoms with van der Waals surface area (Å²) in [7, 11) is 0. The van der Waals surface area contributed by atoms with Crippen molar-refractivity contribution in [1.82, 2.24) is 4.90 Å². The predicted octanol–water partition coefficient (Wildman–Crippen LogP) is 2.45. The van der Waals surface area contributed by atoms with Gasteiger partial charge in [0.2, 0.25) is 0 Å².